The molecule has 0 aliphatic carbocycles. The molecule has 0 radical (unpaired) electrons. The molecule has 25 heavy (non-hydrogen) atoms. The fourth-order valence-corrected chi connectivity index (χ4v) is 3.52. The van der Waals surface area contributed by atoms with E-state index in [4.69, 9.17) is 10.00 Å². The van der Waals surface area contributed by atoms with Crippen molar-refractivity contribution in [2.24, 2.45) is 7.05 Å². The van der Waals surface area contributed by atoms with Gasteiger partial charge in [-0.05, 0) is 36.1 Å². The van der Waals surface area contributed by atoms with Gasteiger partial charge >= 0.3 is 0 Å². The third-order valence-electron chi connectivity index (χ3n) is 4.67. The van der Waals surface area contributed by atoms with Gasteiger partial charge in [0.15, 0.2) is 0 Å². The summed E-state index contributed by atoms with van der Waals surface area (Å²) in [5.74, 6) is 0. The summed E-state index contributed by atoms with van der Waals surface area (Å²) in [5, 5.41) is 13.4. The number of nitrogens with zero attached hydrogens (tertiary/aromatic N) is 4. The van der Waals surface area contributed by atoms with Crippen molar-refractivity contribution in [1.82, 2.24) is 14.7 Å². The highest BCUT2D eigenvalue weighted by Gasteiger charge is 2.34. The van der Waals surface area contributed by atoms with E-state index in [0.29, 0.717) is 18.2 Å². The summed E-state index contributed by atoms with van der Waals surface area (Å²) in [6.45, 7) is 6.15. The summed E-state index contributed by atoms with van der Waals surface area (Å²) in [6.07, 6.45) is 7.91. The van der Waals surface area contributed by atoms with Crippen LogP contribution < -0.4 is 0 Å². The molecule has 0 spiro atoms. The number of hydrogen-bond donors (Lipinski definition) is 0. The van der Waals surface area contributed by atoms with Crippen molar-refractivity contribution >= 4 is 0 Å². The smallest absolute Gasteiger partial charge is 0.0991 e. The number of rotatable bonds is 7. The second-order valence-electron chi connectivity index (χ2n) is 6.53. The lowest BCUT2D eigenvalue weighted by Crippen LogP contribution is -2.37. The lowest BCUT2D eigenvalue weighted by Gasteiger charge is -2.28. The van der Waals surface area contributed by atoms with Crippen molar-refractivity contribution in [1.29, 1.82) is 5.26 Å². The van der Waals surface area contributed by atoms with Gasteiger partial charge in [-0.2, -0.15) is 10.4 Å². The van der Waals surface area contributed by atoms with Crippen LogP contribution in [0.25, 0.3) is 0 Å². The normalized spacial score (nSPS) is 20.5. The second kappa shape index (κ2) is 8.11. The fraction of sp³-hybridized carbons (Fsp3) is 0.400. The van der Waals surface area contributed by atoms with Crippen molar-refractivity contribution in [2.75, 3.05) is 13.2 Å². The van der Waals surface area contributed by atoms with Gasteiger partial charge in [0.25, 0.3) is 0 Å². The number of benzene rings is 1. The predicted octanol–water partition coefficient (Wildman–Crippen LogP) is 2.68. The van der Waals surface area contributed by atoms with Crippen molar-refractivity contribution in [3.63, 3.8) is 0 Å². The van der Waals surface area contributed by atoms with Gasteiger partial charge in [-0.15, -0.1) is 6.58 Å². The molecule has 0 saturated carbocycles. The Balaban J connectivity index is 1.75. The molecule has 0 unspecified atom stereocenters. The van der Waals surface area contributed by atoms with Crippen molar-refractivity contribution < 1.29 is 4.74 Å². The number of hydrogen-bond acceptors (Lipinski definition) is 4. The third-order valence-corrected chi connectivity index (χ3v) is 4.67. The van der Waals surface area contributed by atoms with Gasteiger partial charge < -0.3 is 4.74 Å². The topological polar surface area (TPSA) is 54.1 Å². The van der Waals surface area contributed by atoms with Crippen LogP contribution in [-0.4, -0.2) is 40.0 Å². The Labute approximate surface area is 149 Å². The zero-order valence-corrected chi connectivity index (χ0v) is 14.6. The van der Waals surface area contributed by atoms with E-state index in [9.17, 15) is 0 Å². The predicted molar refractivity (Wildman–Crippen MR) is 96.8 cm³/mol. The van der Waals surface area contributed by atoms with Crippen LogP contribution in [0.2, 0.25) is 0 Å². The van der Waals surface area contributed by atoms with Gasteiger partial charge in [0, 0.05) is 32.4 Å². The Morgan fingerprint density at radius 2 is 2.32 bits per heavy atom. The minimum absolute atomic E-state index is 0.192. The highest BCUT2D eigenvalue weighted by Crippen LogP contribution is 2.26. The summed E-state index contributed by atoms with van der Waals surface area (Å²) >= 11 is 0. The van der Waals surface area contributed by atoms with Crippen LogP contribution in [0.5, 0.6) is 0 Å². The van der Waals surface area contributed by atoms with Crippen LogP contribution in [0.15, 0.2) is 49.3 Å². The lowest BCUT2D eigenvalue weighted by molar-refractivity contribution is 0.0421. The highest BCUT2D eigenvalue weighted by molar-refractivity contribution is 5.32. The van der Waals surface area contributed by atoms with E-state index in [-0.39, 0.29) is 6.10 Å². The van der Waals surface area contributed by atoms with Crippen LogP contribution in [0.3, 0.4) is 0 Å². The number of aromatic nitrogens is 2. The maximum Gasteiger partial charge on any atom is 0.0991 e. The molecule has 2 heterocycles. The second-order valence-corrected chi connectivity index (χ2v) is 6.53. The average Bonchev–Trinajstić information content (AvgIpc) is 3.20. The van der Waals surface area contributed by atoms with Gasteiger partial charge in [0.2, 0.25) is 0 Å². The summed E-state index contributed by atoms with van der Waals surface area (Å²) < 4.78 is 7.86. The Bertz CT molecular complexity index is 761. The number of nitriles is 1. The molecule has 0 N–H and O–H groups in total. The zero-order valence-electron chi connectivity index (χ0n) is 14.6. The van der Waals surface area contributed by atoms with E-state index in [2.05, 4.69) is 34.9 Å². The quantitative estimate of drug-likeness (QED) is 0.730. The zero-order chi connectivity index (χ0) is 17.6. The molecule has 1 saturated heterocycles. The number of likely N-dealkylation sites (tertiary alicyclic amines) is 1. The Kier molecular flexibility index (Phi) is 5.64. The van der Waals surface area contributed by atoms with Gasteiger partial charge in [-0.3, -0.25) is 9.58 Å². The molecule has 2 atom stereocenters. The minimum atomic E-state index is 0.192. The maximum absolute atomic E-state index is 9.11. The Morgan fingerprint density at radius 1 is 1.44 bits per heavy atom. The lowest BCUT2D eigenvalue weighted by atomic mass is 10.0. The SMILES string of the molecule is C=CCO[C@H]1CCN(Cc2cccc(C#N)c2)[C@H]1Cc1cnn(C)c1. The van der Waals surface area contributed by atoms with Crippen LogP contribution >= 0.6 is 0 Å². The molecule has 1 aliphatic rings. The van der Waals surface area contributed by atoms with E-state index in [1.54, 1.807) is 6.08 Å². The minimum Gasteiger partial charge on any atom is -0.372 e. The van der Waals surface area contributed by atoms with E-state index >= 15 is 0 Å². The van der Waals surface area contributed by atoms with Crippen LogP contribution in [0.4, 0.5) is 0 Å². The molecule has 0 amide bonds. The highest BCUT2D eigenvalue weighted by atomic mass is 16.5. The van der Waals surface area contributed by atoms with E-state index in [1.807, 2.05) is 36.1 Å². The molecule has 0 bridgehead atoms. The molecule has 3 rings (SSSR count). The molecule has 1 aromatic carbocycles. The van der Waals surface area contributed by atoms with Crippen LogP contribution in [0, 0.1) is 11.3 Å². The van der Waals surface area contributed by atoms with E-state index < -0.39 is 0 Å². The molecule has 1 aliphatic heterocycles. The Morgan fingerprint density at radius 3 is 3.04 bits per heavy atom. The summed E-state index contributed by atoms with van der Waals surface area (Å²) in [6, 6.07) is 10.4. The number of aryl methyl sites for hydroxylation is 1. The van der Waals surface area contributed by atoms with Gasteiger partial charge in [0.1, 0.15) is 0 Å². The number of ether oxygens (including phenoxy) is 1. The fourth-order valence-electron chi connectivity index (χ4n) is 3.52. The molecule has 130 valence electrons. The summed E-state index contributed by atoms with van der Waals surface area (Å²) in [7, 11) is 1.94. The van der Waals surface area contributed by atoms with E-state index in [1.165, 1.54) is 11.1 Å². The first kappa shape index (κ1) is 17.4. The standard InChI is InChI=1S/C20H24N4O/c1-3-9-25-20-7-8-24(15-17-6-4-5-16(10-17)12-21)19(20)11-18-13-22-23(2)14-18/h3-6,10,13-14,19-20H,1,7-9,11,15H2,2H3/t19-,20-/m0/s1. The first-order valence-electron chi connectivity index (χ1n) is 8.62. The molecule has 1 fully saturated rings. The first-order chi connectivity index (χ1) is 12.2. The van der Waals surface area contributed by atoms with Crippen LogP contribution in [-0.2, 0) is 24.8 Å². The molecular weight excluding hydrogens is 312 g/mol. The van der Waals surface area contributed by atoms with E-state index in [0.717, 1.165) is 25.9 Å². The summed E-state index contributed by atoms with van der Waals surface area (Å²) in [4.78, 5) is 2.46. The third kappa shape index (κ3) is 4.36. The Hall–Kier alpha value is -2.42. The van der Waals surface area contributed by atoms with Gasteiger partial charge in [-0.25, -0.2) is 0 Å². The van der Waals surface area contributed by atoms with Crippen molar-refractivity contribution in [2.45, 2.75) is 31.5 Å². The molecule has 1 aromatic heterocycles. The molecule has 5 nitrogen and oxygen atoms in total. The maximum atomic E-state index is 9.11. The molecular formula is C20H24N4O. The largest absolute Gasteiger partial charge is 0.372 e. The average molecular weight is 336 g/mol. The van der Waals surface area contributed by atoms with Gasteiger partial charge in [-0.1, -0.05) is 18.2 Å². The first-order valence-corrected chi connectivity index (χ1v) is 8.62. The molecule has 5 heteroatoms. The van der Waals surface area contributed by atoms with Crippen LogP contribution in [0.1, 0.15) is 23.1 Å². The van der Waals surface area contributed by atoms with Gasteiger partial charge in [0.05, 0.1) is 30.5 Å². The molecule has 2 aromatic rings. The van der Waals surface area contributed by atoms with Crippen molar-refractivity contribution in [3.8, 4) is 6.07 Å². The monoisotopic (exact) mass is 336 g/mol. The summed E-state index contributed by atoms with van der Waals surface area (Å²) in [5.41, 5.74) is 3.09. The van der Waals surface area contributed by atoms with Crippen molar-refractivity contribution in [3.05, 3.63) is 66.0 Å².